The molecule has 2 aromatic rings. The number of nitrogens with one attached hydrogen (secondary N) is 2. The zero-order chi connectivity index (χ0) is 22.7. The number of aryl methyl sites for hydroxylation is 1. The van der Waals surface area contributed by atoms with Crippen LogP contribution in [0.1, 0.15) is 44.9 Å². The number of hydrogen-bond acceptors (Lipinski definition) is 7. The molecule has 9 nitrogen and oxygen atoms in total. The first-order valence-corrected chi connectivity index (χ1v) is 11.3. The van der Waals surface area contributed by atoms with Crippen LogP contribution in [0, 0.1) is 6.92 Å². The van der Waals surface area contributed by atoms with Gasteiger partial charge in [-0.2, -0.15) is 0 Å². The minimum atomic E-state index is -1.03. The second-order valence-electron chi connectivity index (χ2n) is 7.07. The van der Waals surface area contributed by atoms with E-state index in [9.17, 15) is 14.7 Å². The van der Waals surface area contributed by atoms with Gasteiger partial charge in [0, 0.05) is 32.5 Å². The summed E-state index contributed by atoms with van der Waals surface area (Å²) < 4.78 is 11.0. The Morgan fingerprint density at radius 3 is 2.71 bits per heavy atom. The summed E-state index contributed by atoms with van der Waals surface area (Å²) in [7, 11) is 1.50. The van der Waals surface area contributed by atoms with Crippen LogP contribution in [0.25, 0.3) is 0 Å². The summed E-state index contributed by atoms with van der Waals surface area (Å²) in [4.78, 5) is 33.8. The number of methoxy groups -OCH3 is 1. The average Bonchev–Trinajstić information content (AvgIpc) is 3.26. The lowest BCUT2D eigenvalue weighted by atomic mass is 10.0. The molecule has 31 heavy (non-hydrogen) atoms. The summed E-state index contributed by atoms with van der Waals surface area (Å²) in [6, 6.07) is -0.250. The van der Waals surface area contributed by atoms with Crippen molar-refractivity contribution in [3.8, 4) is 0 Å². The Hall–Kier alpha value is -1.85. The first-order valence-electron chi connectivity index (χ1n) is 9.69. The summed E-state index contributed by atoms with van der Waals surface area (Å²) in [5.74, 6) is -1.39. The summed E-state index contributed by atoms with van der Waals surface area (Å²) in [6.45, 7) is 5.24. The lowest BCUT2D eigenvalue weighted by Crippen LogP contribution is -2.55. The molecule has 0 aromatic carbocycles. The van der Waals surface area contributed by atoms with Crippen molar-refractivity contribution in [3.05, 3.63) is 32.0 Å². The number of H-pyrrole nitrogens is 1. The van der Waals surface area contributed by atoms with Gasteiger partial charge in [-0.25, -0.2) is 9.78 Å². The molecule has 3 heterocycles. The van der Waals surface area contributed by atoms with Crippen LogP contribution in [-0.4, -0.2) is 65.9 Å². The monoisotopic (exact) mass is 490 g/mol. The molecule has 1 saturated heterocycles. The van der Waals surface area contributed by atoms with Crippen molar-refractivity contribution in [2.75, 3.05) is 31.7 Å². The number of halogens is 2. The normalized spacial score (nSPS) is 18.9. The molecular formula is C19H24Cl2N4O5S. The fourth-order valence-corrected chi connectivity index (χ4v) is 4.84. The average molecular weight is 491 g/mol. The number of anilines is 1. The number of aromatic nitrogens is 2. The van der Waals surface area contributed by atoms with Gasteiger partial charge in [0.15, 0.2) is 5.13 Å². The van der Waals surface area contributed by atoms with Crippen LogP contribution in [0.15, 0.2) is 0 Å². The molecular weight excluding hydrogens is 467 g/mol. The van der Waals surface area contributed by atoms with Crippen molar-refractivity contribution >= 4 is 51.5 Å². The zero-order valence-corrected chi connectivity index (χ0v) is 19.7. The molecule has 1 aliphatic rings. The third-order valence-corrected chi connectivity index (χ3v) is 7.06. The molecule has 1 fully saturated rings. The maximum Gasteiger partial charge on any atom is 0.347 e. The molecule has 170 valence electrons. The molecule has 0 radical (unpaired) electrons. The van der Waals surface area contributed by atoms with Gasteiger partial charge in [-0.05, 0) is 20.3 Å². The number of aromatic amines is 1. The van der Waals surface area contributed by atoms with Crippen LogP contribution in [0.5, 0.6) is 0 Å². The first kappa shape index (κ1) is 23.8. The van der Waals surface area contributed by atoms with E-state index in [2.05, 4.69) is 15.3 Å². The SMILES string of the molecule is CCOC1CN(c2nc(COC)c(C(=O)O)s2)CCC1NC(=O)c1[nH]c(C)c(Cl)c1Cl. The van der Waals surface area contributed by atoms with Crippen molar-refractivity contribution in [2.24, 2.45) is 0 Å². The topological polar surface area (TPSA) is 117 Å². The molecule has 12 heteroatoms. The van der Waals surface area contributed by atoms with Gasteiger partial charge >= 0.3 is 5.97 Å². The van der Waals surface area contributed by atoms with E-state index in [1.165, 1.54) is 7.11 Å². The molecule has 0 saturated carbocycles. The number of thiazole rings is 1. The van der Waals surface area contributed by atoms with E-state index in [1.54, 1.807) is 6.92 Å². The fourth-order valence-electron chi connectivity index (χ4n) is 3.48. The first-order chi connectivity index (χ1) is 14.8. The number of carboxylic acids is 1. The maximum absolute atomic E-state index is 12.8. The van der Waals surface area contributed by atoms with Crippen LogP contribution >= 0.6 is 34.5 Å². The predicted octanol–water partition coefficient (Wildman–Crippen LogP) is 3.34. The summed E-state index contributed by atoms with van der Waals surface area (Å²) >= 11 is 13.4. The Bertz CT molecular complexity index is 963. The van der Waals surface area contributed by atoms with E-state index in [1.807, 2.05) is 11.8 Å². The van der Waals surface area contributed by atoms with Crippen molar-refractivity contribution < 1.29 is 24.2 Å². The highest BCUT2D eigenvalue weighted by atomic mass is 35.5. The number of carbonyl (C=O) groups is 2. The van der Waals surface area contributed by atoms with Crippen molar-refractivity contribution in [3.63, 3.8) is 0 Å². The van der Waals surface area contributed by atoms with Gasteiger partial charge in [-0.1, -0.05) is 34.5 Å². The smallest absolute Gasteiger partial charge is 0.347 e. The number of piperidine rings is 1. The predicted molar refractivity (Wildman–Crippen MR) is 119 cm³/mol. The largest absolute Gasteiger partial charge is 0.477 e. The number of nitrogens with zero attached hydrogens (tertiary/aromatic N) is 2. The minimum absolute atomic E-state index is 0.123. The Labute approximate surface area is 193 Å². The second-order valence-corrected chi connectivity index (χ2v) is 8.81. The minimum Gasteiger partial charge on any atom is -0.477 e. The van der Waals surface area contributed by atoms with Crippen LogP contribution in [0.2, 0.25) is 10.0 Å². The Balaban J connectivity index is 1.75. The number of hydrogen-bond donors (Lipinski definition) is 3. The van der Waals surface area contributed by atoms with Crippen molar-refractivity contribution in [2.45, 2.75) is 39.0 Å². The molecule has 1 amide bonds. The molecule has 3 rings (SSSR count). The van der Waals surface area contributed by atoms with Gasteiger partial charge in [0.25, 0.3) is 5.91 Å². The zero-order valence-electron chi connectivity index (χ0n) is 17.3. The van der Waals surface area contributed by atoms with Crippen molar-refractivity contribution in [1.29, 1.82) is 0 Å². The van der Waals surface area contributed by atoms with E-state index in [-0.39, 0.29) is 40.3 Å². The molecule has 2 unspecified atom stereocenters. The Morgan fingerprint density at radius 2 is 2.13 bits per heavy atom. The van der Waals surface area contributed by atoms with E-state index in [0.717, 1.165) is 11.3 Å². The lowest BCUT2D eigenvalue weighted by molar-refractivity contribution is 0.0272. The number of carboxylic acid groups (broad SMARTS) is 1. The van der Waals surface area contributed by atoms with E-state index in [0.29, 0.717) is 47.7 Å². The van der Waals surface area contributed by atoms with Gasteiger partial charge in [-0.3, -0.25) is 4.79 Å². The number of aromatic carboxylic acids is 1. The lowest BCUT2D eigenvalue weighted by Gasteiger charge is -2.38. The van der Waals surface area contributed by atoms with E-state index >= 15 is 0 Å². The van der Waals surface area contributed by atoms with E-state index in [4.69, 9.17) is 32.7 Å². The Morgan fingerprint density at radius 1 is 1.39 bits per heavy atom. The summed E-state index contributed by atoms with van der Waals surface area (Å²) in [5, 5.41) is 13.5. The van der Waals surface area contributed by atoms with Crippen LogP contribution in [-0.2, 0) is 16.1 Å². The quantitative estimate of drug-likeness (QED) is 0.519. The molecule has 0 aliphatic carbocycles. The third kappa shape index (κ3) is 5.15. The van der Waals surface area contributed by atoms with Gasteiger partial charge in [0.1, 0.15) is 10.6 Å². The third-order valence-electron chi connectivity index (χ3n) is 4.97. The highest BCUT2D eigenvalue weighted by Gasteiger charge is 2.34. The standard InChI is InChI=1S/C19H24Cl2N4O5S/c1-4-30-12-7-25(19-24-11(8-29-3)16(31-19)18(27)28)6-5-10(12)23-17(26)15-14(21)13(20)9(2)22-15/h10,12,22H,4-8H2,1-3H3,(H,23,26)(H,27,28). The molecule has 2 aromatic heterocycles. The molecule has 2 atom stereocenters. The van der Waals surface area contributed by atoms with Crippen LogP contribution in [0.3, 0.4) is 0 Å². The number of amides is 1. The second kappa shape index (κ2) is 10.2. The molecule has 3 N–H and O–H groups in total. The van der Waals surface area contributed by atoms with Crippen LogP contribution in [0.4, 0.5) is 5.13 Å². The van der Waals surface area contributed by atoms with Crippen molar-refractivity contribution in [1.82, 2.24) is 15.3 Å². The Kier molecular flexibility index (Phi) is 7.82. The van der Waals surface area contributed by atoms with Gasteiger partial charge < -0.3 is 29.8 Å². The molecule has 0 bridgehead atoms. The number of rotatable bonds is 8. The summed E-state index contributed by atoms with van der Waals surface area (Å²) in [6.07, 6.45) is 0.277. The van der Waals surface area contributed by atoms with E-state index < -0.39 is 5.97 Å². The fraction of sp³-hybridized carbons (Fsp3) is 0.526. The number of ether oxygens (including phenoxy) is 2. The highest BCUT2D eigenvalue weighted by molar-refractivity contribution is 7.17. The number of carbonyl (C=O) groups excluding carboxylic acids is 1. The summed E-state index contributed by atoms with van der Waals surface area (Å²) in [5.41, 5.74) is 1.24. The molecule has 1 aliphatic heterocycles. The van der Waals surface area contributed by atoms with Gasteiger partial charge in [0.05, 0.1) is 34.5 Å². The van der Waals surface area contributed by atoms with Gasteiger partial charge in [0.2, 0.25) is 0 Å². The van der Waals surface area contributed by atoms with Crippen LogP contribution < -0.4 is 10.2 Å². The highest BCUT2D eigenvalue weighted by Crippen LogP contribution is 2.31. The molecule has 0 spiro atoms. The van der Waals surface area contributed by atoms with Gasteiger partial charge in [-0.15, -0.1) is 0 Å². The maximum atomic E-state index is 12.8.